The third-order valence-electron chi connectivity index (χ3n) is 1.40. The summed E-state index contributed by atoms with van der Waals surface area (Å²) in [6, 6.07) is 3.01. The van der Waals surface area contributed by atoms with E-state index in [1.54, 1.807) is 20.2 Å². The lowest BCUT2D eigenvalue weighted by Gasteiger charge is -2.09. The summed E-state index contributed by atoms with van der Waals surface area (Å²) in [5, 5.41) is 9.22. The molecule has 0 aliphatic heterocycles. The van der Waals surface area contributed by atoms with E-state index in [9.17, 15) is 9.90 Å². The molecule has 1 rings (SSSR count). The van der Waals surface area contributed by atoms with E-state index in [1.807, 2.05) is 0 Å². The van der Waals surface area contributed by atoms with Crippen LogP contribution >= 0.6 is 0 Å². The standard InChI is InChI=1S/C8H10N2O2/c1-10(2)8(12)7-6(11)4-3-5-9-7/h3-5,11H,1-2H3. The summed E-state index contributed by atoms with van der Waals surface area (Å²) in [6.07, 6.45) is 1.47. The Morgan fingerprint density at radius 1 is 1.58 bits per heavy atom. The normalized spacial score (nSPS) is 9.50. The summed E-state index contributed by atoms with van der Waals surface area (Å²) >= 11 is 0. The van der Waals surface area contributed by atoms with Crippen LogP contribution in [0.2, 0.25) is 0 Å². The summed E-state index contributed by atoms with van der Waals surface area (Å²) < 4.78 is 0. The number of hydrogen-bond acceptors (Lipinski definition) is 3. The van der Waals surface area contributed by atoms with Gasteiger partial charge >= 0.3 is 0 Å². The van der Waals surface area contributed by atoms with Gasteiger partial charge in [-0.15, -0.1) is 0 Å². The molecule has 1 aromatic heterocycles. The molecule has 0 spiro atoms. The molecule has 0 aliphatic rings. The van der Waals surface area contributed by atoms with Gasteiger partial charge in [0.1, 0.15) is 5.75 Å². The highest BCUT2D eigenvalue weighted by Crippen LogP contribution is 2.13. The van der Waals surface area contributed by atoms with Gasteiger partial charge in [0.15, 0.2) is 5.69 Å². The topological polar surface area (TPSA) is 53.4 Å². The Morgan fingerprint density at radius 3 is 2.75 bits per heavy atom. The minimum absolute atomic E-state index is 0.0856. The van der Waals surface area contributed by atoms with E-state index >= 15 is 0 Å². The molecule has 0 saturated carbocycles. The van der Waals surface area contributed by atoms with Crippen molar-refractivity contribution in [3.63, 3.8) is 0 Å². The Balaban J connectivity index is 3.03. The fraction of sp³-hybridized carbons (Fsp3) is 0.250. The molecule has 0 saturated heterocycles. The molecule has 0 atom stereocenters. The molecule has 1 amide bonds. The fourth-order valence-electron chi connectivity index (χ4n) is 0.773. The number of carbonyl (C=O) groups is 1. The molecule has 1 heterocycles. The first-order chi connectivity index (χ1) is 5.63. The molecule has 1 N–H and O–H groups in total. The first-order valence-electron chi connectivity index (χ1n) is 3.48. The first kappa shape index (κ1) is 8.52. The number of pyridine rings is 1. The predicted octanol–water partition coefficient (Wildman–Crippen LogP) is 0.489. The average molecular weight is 166 g/mol. The Kier molecular flexibility index (Phi) is 2.28. The van der Waals surface area contributed by atoms with E-state index in [0.717, 1.165) is 0 Å². The zero-order chi connectivity index (χ0) is 9.14. The van der Waals surface area contributed by atoms with Gasteiger partial charge < -0.3 is 10.0 Å². The second-order valence-electron chi connectivity index (χ2n) is 2.57. The maximum absolute atomic E-state index is 11.3. The summed E-state index contributed by atoms with van der Waals surface area (Å²) in [6.45, 7) is 0. The van der Waals surface area contributed by atoms with E-state index in [2.05, 4.69) is 4.98 Å². The molecular formula is C8H10N2O2. The van der Waals surface area contributed by atoms with Gasteiger partial charge in [0.25, 0.3) is 5.91 Å². The van der Waals surface area contributed by atoms with E-state index in [-0.39, 0.29) is 17.4 Å². The SMILES string of the molecule is CN(C)C(=O)c1ncccc1O. The van der Waals surface area contributed by atoms with Crippen LogP contribution in [0.3, 0.4) is 0 Å². The number of carbonyl (C=O) groups excluding carboxylic acids is 1. The maximum Gasteiger partial charge on any atom is 0.275 e. The highest BCUT2D eigenvalue weighted by Gasteiger charge is 2.12. The lowest BCUT2D eigenvalue weighted by Crippen LogP contribution is -2.22. The Hall–Kier alpha value is -1.58. The molecule has 0 radical (unpaired) electrons. The van der Waals surface area contributed by atoms with E-state index in [4.69, 9.17) is 0 Å². The smallest absolute Gasteiger partial charge is 0.275 e. The summed E-state index contributed by atoms with van der Waals surface area (Å²) in [4.78, 5) is 16.4. The zero-order valence-corrected chi connectivity index (χ0v) is 6.98. The van der Waals surface area contributed by atoms with Crippen LogP contribution in [-0.2, 0) is 0 Å². The van der Waals surface area contributed by atoms with Crippen LogP contribution < -0.4 is 0 Å². The van der Waals surface area contributed by atoms with Gasteiger partial charge in [-0.1, -0.05) is 0 Å². The predicted molar refractivity (Wildman–Crippen MR) is 43.9 cm³/mol. The lowest BCUT2D eigenvalue weighted by molar-refractivity contribution is 0.0818. The third kappa shape index (κ3) is 1.53. The van der Waals surface area contributed by atoms with Crippen LogP contribution in [0, 0.1) is 0 Å². The van der Waals surface area contributed by atoms with Crippen molar-refractivity contribution in [2.75, 3.05) is 14.1 Å². The van der Waals surface area contributed by atoms with Crippen molar-refractivity contribution >= 4 is 5.91 Å². The van der Waals surface area contributed by atoms with Gasteiger partial charge in [0.05, 0.1) is 0 Å². The highest BCUT2D eigenvalue weighted by molar-refractivity contribution is 5.94. The second-order valence-corrected chi connectivity index (χ2v) is 2.57. The molecule has 4 heteroatoms. The van der Waals surface area contributed by atoms with Crippen LogP contribution in [0.25, 0.3) is 0 Å². The van der Waals surface area contributed by atoms with Gasteiger partial charge in [0, 0.05) is 20.3 Å². The number of amides is 1. The van der Waals surface area contributed by atoms with Crippen molar-refractivity contribution in [3.8, 4) is 5.75 Å². The van der Waals surface area contributed by atoms with Gasteiger partial charge in [-0.2, -0.15) is 0 Å². The molecule has 1 aromatic rings. The molecule has 0 unspecified atom stereocenters. The maximum atomic E-state index is 11.3. The molecule has 0 bridgehead atoms. The van der Waals surface area contributed by atoms with Crippen LogP contribution in [0.4, 0.5) is 0 Å². The minimum atomic E-state index is -0.298. The van der Waals surface area contributed by atoms with Crippen LogP contribution in [0.1, 0.15) is 10.5 Å². The quantitative estimate of drug-likeness (QED) is 0.660. The minimum Gasteiger partial charge on any atom is -0.505 e. The van der Waals surface area contributed by atoms with Crippen molar-refractivity contribution < 1.29 is 9.90 Å². The Morgan fingerprint density at radius 2 is 2.25 bits per heavy atom. The van der Waals surface area contributed by atoms with Gasteiger partial charge in [0.2, 0.25) is 0 Å². The van der Waals surface area contributed by atoms with E-state index < -0.39 is 0 Å². The average Bonchev–Trinajstić information content (AvgIpc) is 2.04. The zero-order valence-electron chi connectivity index (χ0n) is 6.98. The van der Waals surface area contributed by atoms with Crippen molar-refractivity contribution in [1.29, 1.82) is 0 Å². The largest absolute Gasteiger partial charge is 0.505 e. The number of aromatic nitrogens is 1. The number of aromatic hydroxyl groups is 1. The number of hydrogen-bond donors (Lipinski definition) is 1. The van der Waals surface area contributed by atoms with Crippen molar-refractivity contribution in [2.24, 2.45) is 0 Å². The van der Waals surface area contributed by atoms with Crippen LogP contribution in [-0.4, -0.2) is 35.0 Å². The summed E-state index contributed by atoms with van der Waals surface area (Å²) in [5.41, 5.74) is 0.0856. The van der Waals surface area contributed by atoms with E-state index in [0.29, 0.717) is 0 Å². The summed E-state index contributed by atoms with van der Waals surface area (Å²) in [7, 11) is 3.22. The molecule has 4 nitrogen and oxygen atoms in total. The molecule has 12 heavy (non-hydrogen) atoms. The number of nitrogens with zero attached hydrogens (tertiary/aromatic N) is 2. The Labute approximate surface area is 70.5 Å². The molecule has 0 aliphatic carbocycles. The summed E-state index contributed by atoms with van der Waals surface area (Å²) in [5.74, 6) is -0.385. The van der Waals surface area contributed by atoms with Crippen LogP contribution in [0.15, 0.2) is 18.3 Å². The second kappa shape index (κ2) is 3.21. The molecule has 64 valence electrons. The monoisotopic (exact) mass is 166 g/mol. The van der Waals surface area contributed by atoms with Crippen molar-refractivity contribution in [2.45, 2.75) is 0 Å². The highest BCUT2D eigenvalue weighted by atomic mass is 16.3. The molecule has 0 aromatic carbocycles. The number of rotatable bonds is 1. The van der Waals surface area contributed by atoms with Crippen molar-refractivity contribution in [1.82, 2.24) is 9.88 Å². The van der Waals surface area contributed by atoms with Crippen LogP contribution in [0.5, 0.6) is 5.75 Å². The molecular weight excluding hydrogens is 156 g/mol. The fourth-order valence-corrected chi connectivity index (χ4v) is 0.773. The first-order valence-corrected chi connectivity index (χ1v) is 3.48. The van der Waals surface area contributed by atoms with E-state index in [1.165, 1.54) is 17.2 Å². The Bertz CT molecular complexity index is 297. The van der Waals surface area contributed by atoms with Gasteiger partial charge in [-0.25, -0.2) is 4.98 Å². The lowest BCUT2D eigenvalue weighted by atomic mass is 10.3. The van der Waals surface area contributed by atoms with Gasteiger partial charge in [-0.05, 0) is 12.1 Å². The van der Waals surface area contributed by atoms with Crippen molar-refractivity contribution in [3.05, 3.63) is 24.0 Å². The third-order valence-corrected chi connectivity index (χ3v) is 1.40. The van der Waals surface area contributed by atoms with Gasteiger partial charge in [-0.3, -0.25) is 4.79 Å². The molecule has 0 fully saturated rings.